The van der Waals surface area contributed by atoms with Gasteiger partial charge < -0.3 is 15.7 Å². The molecule has 5 aliphatic rings. The molecular formula is C20H33N3O3. The van der Waals surface area contributed by atoms with Crippen molar-refractivity contribution < 1.29 is 14.7 Å². The van der Waals surface area contributed by atoms with Crippen LogP contribution in [0.4, 0.5) is 0 Å². The van der Waals surface area contributed by atoms with E-state index in [0.29, 0.717) is 17.8 Å². The van der Waals surface area contributed by atoms with Gasteiger partial charge in [-0.3, -0.25) is 14.5 Å². The van der Waals surface area contributed by atoms with E-state index >= 15 is 0 Å². The van der Waals surface area contributed by atoms with Crippen LogP contribution in [0.3, 0.4) is 0 Å². The molecule has 0 radical (unpaired) electrons. The van der Waals surface area contributed by atoms with Gasteiger partial charge in [-0.25, -0.2) is 0 Å². The third-order valence-electron chi connectivity index (χ3n) is 8.19. The number of carboxylic acids is 1. The predicted octanol–water partition coefficient (Wildman–Crippen LogP) is 1.31. The van der Waals surface area contributed by atoms with E-state index in [2.05, 4.69) is 22.5 Å². The quantitative estimate of drug-likeness (QED) is 0.702. The van der Waals surface area contributed by atoms with Crippen LogP contribution in [0.2, 0.25) is 0 Å². The molecule has 4 aliphatic carbocycles. The molecule has 0 aromatic carbocycles. The SMILES string of the molecule is CC1C2CC3CC(CC1(C(=O)O)C3)C2NC(=O)C(C)(C)N1CCNCC1. The lowest BCUT2D eigenvalue weighted by molar-refractivity contribution is -0.181. The second-order valence-corrected chi connectivity index (χ2v) is 9.71. The third kappa shape index (κ3) is 2.60. The Morgan fingerprint density at radius 2 is 1.88 bits per heavy atom. The van der Waals surface area contributed by atoms with Crippen molar-refractivity contribution in [3.63, 3.8) is 0 Å². The summed E-state index contributed by atoms with van der Waals surface area (Å²) in [6.45, 7) is 9.77. The van der Waals surface area contributed by atoms with E-state index in [1.807, 2.05) is 13.8 Å². The molecule has 1 aliphatic heterocycles. The largest absolute Gasteiger partial charge is 0.481 e. The molecule has 0 spiro atoms. The summed E-state index contributed by atoms with van der Waals surface area (Å²) in [6, 6.07) is 0.142. The van der Waals surface area contributed by atoms with Crippen LogP contribution in [0.25, 0.3) is 0 Å². The Hall–Kier alpha value is -1.14. The smallest absolute Gasteiger partial charge is 0.309 e. The second kappa shape index (κ2) is 6.20. The van der Waals surface area contributed by atoms with Gasteiger partial charge in [-0.15, -0.1) is 0 Å². The van der Waals surface area contributed by atoms with Crippen LogP contribution in [-0.2, 0) is 9.59 Å². The van der Waals surface area contributed by atoms with Crippen LogP contribution < -0.4 is 10.6 Å². The summed E-state index contributed by atoms with van der Waals surface area (Å²) in [4.78, 5) is 27.5. The van der Waals surface area contributed by atoms with Gasteiger partial charge in [-0.1, -0.05) is 6.92 Å². The fraction of sp³-hybridized carbons (Fsp3) is 0.900. The molecule has 0 aromatic heterocycles. The number of nitrogens with one attached hydrogen (secondary N) is 2. The number of nitrogens with zero attached hydrogens (tertiary/aromatic N) is 1. The number of carbonyl (C=O) groups is 2. The van der Waals surface area contributed by atoms with Crippen LogP contribution in [0.1, 0.15) is 46.5 Å². The highest BCUT2D eigenvalue weighted by atomic mass is 16.4. The van der Waals surface area contributed by atoms with Crippen LogP contribution in [0, 0.1) is 29.1 Å². The Morgan fingerprint density at radius 1 is 1.19 bits per heavy atom. The van der Waals surface area contributed by atoms with E-state index in [4.69, 9.17) is 0 Å². The fourth-order valence-corrected chi connectivity index (χ4v) is 6.58. The van der Waals surface area contributed by atoms with Gasteiger partial charge in [0.25, 0.3) is 0 Å². The molecule has 4 bridgehead atoms. The summed E-state index contributed by atoms with van der Waals surface area (Å²) in [5.74, 6) is 0.784. The molecule has 4 saturated carbocycles. The molecule has 1 saturated heterocycles. The molecule has 1 amide bonds. The predicted molar refractivity (Wildman–Crippen MR) is 98.6 cm³/mol. The summed E-state index contributed by atoms with van der Waals surface area (Å²) in [6.07, 6.45) is 3.72. The Kier molecular flexibility index (Phi) is 4.35. The minimum Gasteiger partial charge on any atom is -0.481 e. The molecule has 0 aromatic rings. The lowest BCUT2D eigenvalue weighted by atomic mass is 9.44. The van der Waals surface area contributed by atoms with E-state index in [0.717, 1.165) is 51.9 Å². The average Bonchev–Trinajstić information content (AvgIpc) is 2.62. The monoisotopic (exact) mass is 363 g/mol. The van der Waals surface area contributed by atoms with Crippen molar-refractivity contribution in [2.75, 3.05) is 26.2 Å². The zero-order valence-electron chi connectivity index (χ0n) is 16.3. The first kappa shape index (κ1) is 18.2. The standard InChI is InChI=1S/C20H33N3O3/c1-12-15-9-13-8-14(11-20(12,10-13)18(25)26)16(15)22-17(24)19(2,3)23-6-4-21-5-7-23/h12-16,21H,4-11H2,1-3H3,(H,22,24)(H,25,26). The van der Waals surface area contributed by atoms with Crippen molar-refractivity contribution in [3.8, 4) is 0 Å². The molecular weight excluding hydrogens is 330 g/mol. The first-order valence-electron chi connectivity index (χ1n) is 10.3. The summed E-state index contributed by atoms with van der Waals surface area (Å²) in [5.41, 5.74) is -1.07. The fourth-order valence-electron chi connectivity index (χ4n) is 6.58. The molecule has 26 heavy (non-hydrogen) atoms. The Labute approximate surface area is 156 Å². The summed E-state index contributed by atoms with van der Waals surface area (Å²) in [7, 11) is 0. The van der Waals surface area contributed by atoms with Crippen LogP contribution >= 0.6 is 0 Å². The van der Waals surface area contributed by atoms with E-state index in [1.165, 1.54) is 0 Å². The summed E-state index contributed by atoms with van der Waals surface area (Å²) in [5, 5.41) is 16.6. The number of hydrogen-bond acceptors (Lipinski definition) is 4. The van der Waals surface area contributed by atoms with Crippen molar-refractivity contribution in [3.05, 3.63) is 0 Å². The Bertz CT molecular complexity index is 601. The number of carbonyl (C=O) groups excluding carboxylic acids is 1. The summed E-state index contributed by atoms with van der Waals surface area (Å²) < 4.78 is 0. The lowest BCUT2D eigenvalue weighted by Crippen LogP contribution is -2.68. The van der Waals surface area contributed by atoms with Gasteiger partial charge in [0, 0.05) is 32.2 Å². The van der Waals surface area contributed by atoms with Gasteiger partial charge in [-0.05, 0) is 63.2 Å². The number of rotatable bonds is 4. The van der Waals surface area contributed by atoms with E-state index in [-0.39, 0.29) is 17.9 Å². The molecule has 6 atom stereocenters. The van der Waals surface area contributed by atoms with Gasteiger partial charge in [-0.2, -0.15) is 0 Å². The van der Waals surface area contributed by atoms with Gasteiger partial charge in [0.05, 0.1) is 11.0 Å². The number of amides is 1. The average molecular weight is 364 g/mol. The van der Waals surface area contributed by atoms with Crippen molar-refractivity contribution in [1.29, 1.82) is 0 Å². The van der Waals surface area contributed by atoms with Crippen molar-refractivity contribution >= 4 is 11.9 Å². The van der Waals surface area contributed by atoms with Gasteiger partial charge in [0.1, 0.15) is 0 Å². The zero-order valence-corrected chi connectivity index (χ0v) is 16.3. The highest BCUT2D eigenvalue weighted by Crippen LogP contribution is 2.62. The maximum Gasteiger partial charge on any atom is 0.309 e. The van der Waals surface area contributed by atoms with Gasteiger partial charge in [0.2, 0.25) is 5.91 Å². The number of aliphatic carboxylic acids is 1. The van der Waals surface area contributed by atoms with Crippen LogP contribution in [0.15, 0.2) is 0 Å². The lowest BCUT2D eigenvalue weighted by Gasteiger charge is -2.62. The first-order chi connectivity index (χ1) is 12.3. The maximum atomic E-state index is 13.2. The Balaban J connectivity index is 1.51. The molecule has 6 nitrogen and oxygen atoms in total. The van der Waals surface area contributed by atoms with Crippen molar-refractivity contribution in [2.24, 2.45) is 29.1 Å². The molecule has 6 unspecified atom stereocenters. The first-order valence-corrected chi connectivity index (χ1v) is 10.3. The maximum absolute atomic E-state index is 13.2. The van der Waals surface area contributed by atoms with Gasteiger partial charge >= 0.3 is 5.97 Å². The van der Waals surface area contributed by atoms with Crippen LogP contribution in [0.5, 0.6) is 0 Å². The molecule has 6 heteroatoms. The zero-order chi connectivity index (χ0) is 18.7. The van der Waals surface area contributed by atoms with E-state index < -0.39 is 16.9 Å². The number of hydrogen-bond donors (Lipinski definition) is 3. The number of piperazine rings is 1. The molecule has 1 heterocycles. The van der Waals surface area contributed by atoms with Crippen LogP contribution in [-0.4, -0.2) is 59.6 Å². The van der Waals surface area contributed by atoms with E-state index in [9.17, 15) is 14.7 Å². The van der Waals surface area contributed by atoms with Gasteiger partial charge in [0.15, 0.2) is 0 Å². The second-order valence-electron chi connectivity index (χ2n) is 9.71. The number of carboxylic acid groups (broad SMARTS) is 1. The molecule has 3 N–H and O–H groups in total. The molecule has 5 fully saturated rings. The topological polar surface area (TPSA) is 81.7 Å². The minimum atomic E-state index is -0.615. The van der Waals surface area contributed by atoms with Crippen molar-refractivity contribution in [2.45, 2.75) is 58.0 Å². The highest BCUT2D eigenvalue weighted by molar-refractivity contribution is 5.86. The molecule has 146 valence electrons. The molecule has 5 rings (SSSR count). The third-order valence-corrected chi connectivity index (χ3v) is 8.19. The van der Waals surface area contributed by atoms with E-state index in [1.54, 1.807) is 0 Å². The Morgan fingerprint density at radius 3 is 2.54 bits per heavy atom. The normalized spacial score (nSPS) is 42.7. The highest BCUT2D eigenvalue weighted by Gasteiger charge is 2.63. The summed E-state index contributed by atoms with van der Waals surface area (Å²) >= 11 is 0. The minimum absolute atomic E-state index is 0.105. The van der Waals surface area contributed by atoms with Crippen molar-refractivity contribution in [1.82, 2.24) is 15.5 Å².